The Morgan fingerprint density at radius 2 is 1.69 bits per heavy atom. The lowest BCUT2D eigenvalue weighted by molar-refractivity contribution is -0.123. The van der Waals surface area contributed by atoms with Gasteiger partial charge in [0, 0.05) is 11.6 Å². The second-order valence-electron chi connectivity index (χ2n) is 7.26. The molecule has 3 rings (SSSR count). The van der Waals surface area contributed by atoms with E-state index >= 15 is 0 Å². The molecule has 1 unspecified atom stereocenters. The number of nitrogens with zero attached hydrogens (tertiary/aromatic N) is 1. The predicted octanol–water partition coefficient (Wildman–Crippen LogP) is 3.76. The van der Waals surface area contributed by atoms with Gasteiger partial charge in [-0.3, -0.25) is 14.5 Å². The highest BCUT2D eigenvalue weighted by Crippen LogP contribution is 2.25. The fraction of sp³-hybridized carbons (Fsp3) is 0.391. The molecule has 2 aromatic rings. The van der Waals surface area contributed by atoms with Crippen LogP contribution in [0.4, 0.5) is 11.4 Å². The van der Waals surface area contributed by atoms with Crippen molar-refractivity contribution in [3.05, 3.63) is 54.6 Å². The Morgan fingerprint density at radius 3 is 2.38 bits per heavy atom. The molecule has 154 valence electrons. The van der Waals surface area contributed by atoms with Gasteiger partial charge in [-0.25, -0.2) is 0 Å². The van der Waals surface area contributed by atoms with Crippen molar-refractivity contribution >= 4 is 23.2 Å². The highest BCUT2D eigenvalue weighted by molar-refractivity contribution is 5.96. The number of anilines is 2. The molecule has 0 saturated carbocycles. The summed E-state index contributed by atoms with van der Waals surface area (Å²) in [4.78, 5) is 27.4. The number of benzene rings is 2. The Hall–Kier alpha value is -2.86. The number of amides is 2. The van der Waals surface area contributed by atoms with Crippen molar-refractivity contribution < 1.29 is 14.3 Å². The van der Waals surface area contributed by atoms with Crippen molar-refractivity contribution in [2.45, 2.75) is 32.7 Å². The van der Waals surface area contributed by atoms with Gasteiger partial charge in [-0.05, 0) is 64.0 Å². The molecule has 1 aliphatic heterocycles. The van der Waals surface area contributed by atoms with Crippen LogP contribution in [0.25, 0.3) is 0 Å². The normalized spacial score (nSPS) is 16.1. The third kappa shape index (κ3) is 5.57. The summed E-state index contributed by atoms with van der Waals surface area (Å²) in [6.45, 7) is 5.80. The molecule has 1 fully saturated rings. The lowest BCUT2D eigenvalue weighted by Gasteiger charge is -2.34. The average Bonchev–Trinajstić information content (AvgIpc) is 2.75. The Bertz CT molecular complexity index is 817. The van der Waals surface area contributed by atoms with Gasteiger partial charge in [-0.15, -0.1) is 0 Å². The molecule has 6 heteroatoms. The zero-order chi connectivity index (χ0) is 20.6. The van der Waals surface area contributed by atoms with Crippen LogP contribution in [0.3, 0.4) is 0 Å². The van der Waals surface area contributed by atoms with Gasteiger partial charge in [0.1, 0.15) is 5.75 Å². The number of carbonyl (C=O) groups is 2. The molecule has 2 amide bonds. The molecular formula is C23H29N3O3. The first-order chi connectivity index (χ1) is 14.1. The van der Waals surface area contributed by atoms with Crippen LogP contribution in [-0.4, -0.2) is 42.5 Å². The standard InChI is InChI=1S/C23H29N3O3/c1-3-29-21-12-8-7-11-20(21)25-22(27)17(2)26-15-13-18(14-16-26)23(28)24-19-9-5-4-6-10-19/h4-12,17-18H,3,13-16H2,1-2H3,(H,24,28)(H,25,27). The van der Waals surface area contributed by atoms with Crippen molar-refractivity contribution in [3.8, 4) is 5.75 Å². The summed E-state index contributed by atoms with van der Waals surface area (Å²) in [6.07, 6.45) is 1.48. The molecule has 0 spiro atoms. The van der Waals surface area contributed by atoms with Gasteiger partial charge in [0.15, 0.2) is 0 Å². The fourth-order valence-electron chi connectivity index (χ4n) is 3.57. The Kier molecular flexibility index (Phi) is 7.25. The summed E-state index contributed by atoms with van der Waals surface area (Å²) in [7, 11) is 0. The van der Waals surface area contributed by atoms with Crippen molar-refractivity contribution in [3.63, 3.8) is 0 Å². The molecule has 2 aromatic carbocycles. The van der Waals surface area contributed by atoms with E-state index in [2.05, 4.69) is 15.5 Å². The van der Waals surface area contributed by atoms with Crippen LogP contribution in [0.1, 0.15) is 26.7 Å². The molecule has 1 heterocycles. The number of likely N-dealkylation sites (tertiary alicyclic amines) is 1. The number of carbonyl (C=O) groups excluding carboxylic acids is 2. The number of rotatable bonds is 7. The van der Waals surface area contributed by atoms with Gasteiger partial charge in [-0.2, -0.15) is 0 Å². The van der Waals surface area contributed by atoms with E-state index in [9.17, 15) is 9.59 Å². The van der Waals surface area contributed by atoms with E-state index < -0.39 is 0 Å². The molecule has 0 aliphatic carbocycles. The zero-order valence-electron chi connectivity index (χ0n) is 17.1. The summed E-state index contributed by atoms with van der Waals surface area (Å²) >= 11 is 0. The van der Waals surface area contributed by atoms with Crippen LogP contribution in [0.5, 0.6) is 5.75 Å². The summed E-state index contributed by atoms with van der Waals surface area (Å²) in [5.41, 5.74) is 1.50. The van der Waals surface area contributed by atoms with Crippen molar-refractivity contribution in [1.82, 2.24) is 4.90 Å². The van der Waals surface area contributed by atoms with E-state index in [4.69, 9.17) is 4.74 Å². The third-order valence-electron chi connectivity index (χ3n) is 5.31. The van der Waals surface area contributed by atoms with Gasteiger partial charge < -0.3 is 15.4 Å². The molecule has 0 aromatic heterocycles. The first-order valence-corrected chi connectivity index (χ1v) is 10.2. The van der Waals surface area contributed by atoms with Crippen molar-refractivity contribution in [2.24, 2.45) is 5.92 Å². The van der Waals surface area contributed by atoms with E-state index in [1.54, 1.807) is 0 Å². The number of ether oxygens (including phenoxy) is 1. The quantitative estimate of drug-likeness (QED) is 0.749. The van der Waals surface area contributed by atoms with E-state index in [1.807, 2.05) is 68.4 Å². The summed E-state index contributed by atoms with van der Waals surface area (Å²) in [5.74, 6) is 0.634. The number of piperidine rings is 1. The van der Waals surface area contributed by atoms with Crippen molar-refractivity contribution in [2.75, 3.05) is 30.3 Å². The molecule has 29 heavy (non-hydrogen) atoms. The molecule has 1 saturated heterocycles. The van der Waals surface area contributed by atoms with Crippen LogP contribution in [-0.2, 0) is 9.59 Å². The molecular weight excluding hydrogens is 366 g/mol. The Balaban J connectivity index is 1.51. The first-order valence-electron chi connectivity index (χ1n) is 10.2. The Morgan fingerprint density at radius 1 is 1.03 bits per heavy atom. The minimum Gasteiger partial charge on any atom is -0.492 e. The second-order valence-corrected chi connectivity index (χ2v) is 7.26. The molecule has 1 atom stereocenters. The smallest absolute Gasteiger partial charge is 0.241 e. The van der Waals surface area contributed by atoms with E-state index in [0.29, 0.717) is 31.1 Å². The van der Waals surface area contributed by atoms with Gasteiger partial charge >= 0.3 is 0 Å². The maximum Gasteiger partial charge on any atom is 0.241 e. The van der Waals surface area contributed by atoms with Crippen LogP contribution < -0.4 is 15.4 Å². The number of hydrogen-bond donors (Lipinski definition) is 2. The summed E-state index contributed by atoms with van der Waals surface area (Å²) in [5, 5.41) is 5.95. The molecule has 6 nitrogen and oxygen atoms in total. The highest BCUT2D eigenvalue weighted by atomic mass is 16.5. The predicted molar refractivity (Wildman–Crippen MR) is 115 cm³/mol. The van der Waals surface area contributed by atoms with Gasteiger partial charge in [0.05, 0.1) is 18.3 Å². The van der Waals surface area contributed by atoms with Gasteiger partial charge in [0.2, 0.25) is 11.8 Å². The SMILES string of the molecule is CCOc1ccccc1NC(=O)C(C)N1CCC(C(=O)Nc2ccccc2)CC1. The van der Waals surface area contributed by atoms with E-state index in [1.165, 1.54) is 0 Å². The van der Waals surface area contributed by atoms with E-state index in [0.717, 1.165) is 18.5 Å². The van der Waals surface area contributed by atoms with Gasteiger partial charge in [-0.1, -0.05) is 30.3 Å². The van der Waals surface area contributed by atoms with Crippen LogP contribution in [0.15, 0.2) is 54.6 Å². The minimum atomic E-state index is -0.275. The number of para-hydroxylation sites is 3. The lowest BCUT2D eigenvalue weighted by Crippen LogP contribution is -2.47. The topological polar surface area (TPSA) is 70.7 Å². The second kappa shape index (κ2) is 10.1. The monoisotopic (exact) mass is 395 g/mol. The third-order valence-corrected chi connectivity index (χ3v) is 5.31. The van der Waals surface area contributed by atoms with E-state index in [-0.39, 0.29) is 23.8 Å². The summed E-state index contributed by atoms with van der Waals surface area (Å²) in [6, 6.07) is 16.7. The molecule has 1 aliphatic rings. The molecule has 2 N–H and O–H groups in total. The Labute approximate surface area is 172 Å². The lowest BCUT2D eigenvalue weighted by atomic mass is 9.94. The van der Waals surface area contributed by atoms with Crippen LogP contribution >= 0.6 is 0 Å². The molecule has 0 bridgehead atoms. The van der Waals surface area contributed by atoms with Crippen LogP contribution in [0.2, 0.25) is 0 Å². The largest absolute Gasteiger partial charge is 0.492 e. The summed E-state index contributed by atoms with van der Waals surface area (Å²) < 4.78 is 5.58. The maximum atomic E-state index is 12.7. The number of hydrogen-bond acceptors (Lipinski definition) is 4. The minimum absolute atomic E-state index is 0.0274. The highest BCUT2D eigenvalue weighted by Gasteiger charge is 2.30. The average molecular weight is 396 g/mol. The first kappa shape index (κ1) is 20.9. The molecule has 0 radical (unpaired) electrons. The zero-order valence-corrected chi connectivity index (χ0v) is 17.1. The van der Waals surface area contributed by atoms with Gasteiger partial charge in [0.25, 0.3) is 0 Å². The fourth-order valence-corrected chi connectivity index (χ4v) is 3.57. The maximum absolute atomic E-state index is 12.7. The van der Waals surface area contributed by atoms with Crippen LogP contribution in [0, 0.1) is 5.92 Å². The van der Waals surface area contributed by atoms with Crippen molar-refractivity contribution in [1.29, 1.82) is 0 Å². The number of nitrogens with one attached hydrogen (secondary N) is 2.